The smallest absolute Gasteiger partial charge is 0.345 e. The van der Waals surface area contributed by atoms with Crippen molar-refractivity contribution in [3.63, 3.8) is 0 Å². The number of carbonyl (C=O) groups excluding carboxylic acids is 1. The first-order valence-corrected chi connectivity index (χ1v) is 6.63. The highest BCUT2D eigenvalue weighted by molar-refractivity contribution is 6.33. The van der Waals surface area contributed by atoms with Gasteiger partial charge in [0.05, 0.1) is 16.8 Å². The highest BCUT2D eigenvalue weighted by Gasteiger charge is 2.12. The molecule has 0 atom stereocenters. The lowest BCUT2D eigenvalue weighted by Gasteiger charge is -2.06. The number of hydrogen-bond acceptors (Lipinski definition) is 4. The Labute approximate surface area is 132 Å². The third kappa shape index (κ3) is 4.32. The van der Waals surface area contributed by atoms with Crippen LogP contribution in [0.15, 0.2) is 58.7 Å². The van der Waals surface area contributed by atoms with Crippen molar-refractivity contribution in [2.45, 2.75) is 0 Å². The Balaban J connectivity index is 2.14. The molecule has 0 spiro atoms. The summed E-state index contributed by atoms with van der Waals surface area (Å²) in [5.41, 5.74) is 11.3. The normalized spacial score (nSPS) is 10.4. The van der Waals surface area contributed by atoms with Crippen LogP contribution >= 0.6 is 11.6 Å². The number of esters is 1. The van der Waals surface area contributed by atoms with Gasteiger partial charge in [-0.15, -0.1) is 5.10 Å². The Morgan fingerprint density at radius 3 is 2.64 bits per heavy atom. The molecule has 0 aliphatic rings. The average Bonchev–Trinajstić information content (AvgIpc) is 2.47. The van der Waals surface area contributed by atoms with Gasteiger partial charge in [0, 0.05) is 0 Å². The molecule has 0 unspecified atom stereocenters. The van der Waals surface area contributed by atoms with E-state index in [2.05, 4.69) is 10.2 Å². The number of halogens is 1. The van der Waals surface area contributed by atoms with E-state index in [0.29, 0.717) is 21.9 Å². The summed E-state index contributed by atoms with van der Waals surface area (Å²) in [6.07, 6.45) is 1.44. The summed E-state index contributed by atoms with van der Waals surface area (Å²) in [6, 6.07) is 13.4. The number of ether oxygens (including phenoxy) is 1. The molecule has 112 valence electrons. The number of hydrogen-bond donors (Lipinski definition) is 2. The average molecular weight is 317 g/mol. The summed E-state index contributed by atoms with van der Waals surface area (Å²) in [4.78, 5) is 12.1. The van der Waals surface area contributed by atoms with E-state index in [1.807, 2.05) is 0 Å². The molecule has 4 N–H and O–H groups in total. The van der Waals surface area contributed by atoms with Crippen LogP contribution < -0.4 is 16.2 Å². The van der Waals surface area contributed by atoms with Crippen LogP contribution in [0.1, 0.15) is 15.9 Å². The molecule has 2 aromatic carbocycles. The minimum Gasteiger partial charge on any atom is -0.423 e. The first-order chi connectivity index (χ1) is 10.6. The molecular weight excluding hydrogens is 304 g/mol. The van der Waals surface area contributed by atoms with Crippen molar-refractivity contribution >= 4 is 29.7 Å². The maximum atomic E-state index is 12.1. The minimum atomic E-state index is -0.538. The van der Waals surface area contributed by atoms with Gasteiger partial charge < -0.3 is 16.2 Å². The zero-order valence-corrected chi connectivity index (χ0v) is 12.2. The first kappa shape index (κ1) is 15.5. The number of nitrogens with zero attached hydrogens (tertiary/aromatic N) is 2. The van der Waals surface area contributed by atoms with Crippen LogP contribution in [0.2, 0.25) is 5.02 Å². The molecule has 2 rings (SSSR count). The van der Waals surface area contributed by atoms with E-state index >= 15 is 0 Å². The first-order valence-electron chi connectivity index (χ1n) is 6.25. The van der Waals surface area contributed by atoms with Crippen LogP contribution in [0.5, 0.6) is 5.75 Å². The second kappa shape index (κ2) is 7.24. The summed E-state index contributed by atoms with van der Waals surface area (Å²) in [5.74, 6) is -0.319. The lowest BCUT2D eigenvalue weighted by molar-refractivity contribution is 0.0735. The van der Waals surface area contributed by atoms with Crippen LogP contribution in [0, 0.1) is 0 Å². The third-order valence-corrected chi connectivity index (χ3v) is 2.87. The summed E-state index contributed by atoms with van der Waals surface area (Å²) < 4.78 is 5.28. The van der Waals surface area contributed by atoms with E-state index < -0.39 is 5.97 Å². The summed E-state index contributed by atoms with van der Waals surface area (Å²) in [5, 5.41) is 7.50. The lowest BCUT2D eigenvalue weighted by Crippen LogP contribution is -2.21. The molecule has 0 bridgehead atoms. The molecule has 0 radical (unpaired) electrons. The SMILES string of the molecule is NC(N)=NN=Cc1cccc(OC(=O)c2ccccc2Cl)c1. The van der Waals surface area contributed by atoms with E-state index in [-0.39, 0.29) is 5.96 Å². The Kier molecular flexibility index (Phi) is 5.11. The van der Waals surface area contributed by atoms with Crippen molar-refractivity contribution in [3.8, 4) is 5.75 Å². The van der Waals surface area contributed by atoms with Gasteiger partial charge in [-0.3, -0.25) is 0 Å². The predicted molar refractivity (Wildman–Crippen MR) is 86.3 cm³/mol. The second-order valence-corrected chi connectivity index (χ2v) is 4.62. The van der Waals surface area contributed by atoms with Crippen LogP contribution in [0.25, 0.3) is 0 Å². The predicted octanol–water partition coefficient (Wildman–Crippen LogP) is 2.17. The molecule has 0 aromatic heterocycles. The second-order valence-electron chi connectivity index (χ2n) is 4.21. The fourth-order valence-corrected chi connectivity index (χ4v) is 1.82. The van der Waals surface area contributed by atoms with Crippen molar-refractivity contribution < 1.29 is 9.53 Å². The molecule has 6 nitrogen and oxygen atoms in total. The van der Waals surface area contributed by atoms with Gasteiger partial charge in [-0.1, -0.05) is 35.9 Å². The Morgan fingerprint density at radius 1 is 1.14 bits per heavy atom. The standard InChI is InChI=1S/C15H13ClN4O2/c16-13-7-2-1-6-12(13)14(21)22-11-5-3-4-10(8-11)9-19-20-15(17)18/h1-9H,(H4,17,18,20). The van der Waals surface area contributed by atoms with E-state index in [1.165, 1.54) is 6.21 Å². The third-order valence-electron chi connectivity index (χ3n) is 2.54. The molecule has 2 aromatic rings. The number of rotatable bonds is 4. The fourth-order valence-electron chi connectivity index (χ4n) is 1.61. The molecule has 22 heavy (non-hydrogen) atoms. The summed E-state index contributed by atoms with van der Waals surface area (Å²) >= 11 is 5.95. The molecule has 0 aliphatic heterocycles. The van der Waals surface area contributed by atoms with Gasteiger partial charge in [-0.25, -0.2) is 4.79 Å². The molecular formula is C15H13ClN4O2. The van der Waals surface area contributed by atoms with Gasteiger partial charge >= 0.3 is 5.97 Å². The lowest BCUT2D eigenvalue weighted by atomic mass is 10.2. The van der Waals surface area contributed by atoms with Gasteiger partial charge in [-0.05, 0) is 29.8 Å². The number of benzene rings is 2. The van der Waals surface area contributed by atoms with Crippen LogP contribution in [0.4, 0.5) is 0 Å². The van der Waals surface area contributed by atoms with Crippen molar-refractivity contribution in [3.05, 3.63) is 64.7 Å². The summed E-state index contributed by atoms with van der Waals surface area (Å²) in [7, 11) is 0. The van der Waals surface area contributed by atoms with Gasteiger partial charge in [0.1, 0.15) is 5.75 Å². The van der Waals surface area contributed by atoms with Crippen molar-refractivity contribution in [1.82, 2.24) is 0 Å². The van der Waals surface area contributed by atoms with Gasteiger partial charge in [0.25, 0.3) is 0 Å². The molecule has 0 fully saturated rings. The fraction of sp³-hybridized carbons (Fsp3) is 0. The molecule has 0 aliphatic carbocycles. The van der Waals surface area contributed by atoms with Gasteiger partial charge in [0.2, 0.25) is 5.96 Å². The topological polar surface area (TPSA) is 103 Å². The van der Waals surface area contributed by atoms with E-state index in [9.17, 15) is 4.79 Å². The Hall–Kier alpha value is -2.86. The highest BCUT2D eigenvalue weighted by atomic mass is 35.5. The van der Waals surface area contributed by atoms with Gasteiger partial charge in [0.15, 0.2) is 0 Å². The zero-order chi connectivity index (χ0) is 15.9. The maximum Gasteiger partial charge on any atom is 0.345 e. The largest absolute Gasteiger partial charge is 0.423 e. The van der Waals surface area contributed by atoms with Crippen molar-refractivity contribution in [2.75, 3.05) is 0 Å². The molecule has 0 saturated heterocycles. The van der Waals surface area contributed by atoms with Crippen molar-refractivity contribution in [2.24, 2.45) is 21.7 Å². The quantitative estimate of drug-likeness (QED) is 0.296. The molecule has 0 saturated carbocycles. The number of carbonyl (C=O) groups is 1. The molecule has 0 heterocycles. The van der Waals surface area contributed by atoms with Crippen LogP contribution in [-0.4, -0.2) is 18.1 Å². The number of nitrogens with two attached hydrogens (primary N) is 2. The zero-order valence-electron chi connectivity index (χ0n) is 11.4. The van der Waals surface area contributed by atoms with E-state index in [4.69, 9.17) is 27.8 Å². The van der Waals surface area contributed by atoms with E-state index in [0.717, 1.165) is 0 Å². The minimum absolute atomic E-state index is 0.141. The summed E-state index contributed by atoms with van der Waals surface area (Å²) in [6.45, 7) is 0. The molecule has 7 heteroatoms. The van der Waals surface area contributed by atoms with Crippen molar-refractivity contribution in [1.29, 1.82) is 0 Å². The highest BCUT2D eigenvalue weighted by Crippen LogP contribution is 2.19. The van der Waals surface area contributed by atoms with Crippen LogP contribution in [0.3, 0.4) is 0 Å². The van der Waals surface area contributed by atoms with Crippen LogP contribution in [-0.2, 0) is 0 Å². The number of guanidine groups is 1. The monoisotopic (exact) mass is 316 g/mol. The van der Waals surface area contributed by atoms with Gasteiger partial charge in [-0.2, -0.15) is 5.10 Å². The maximum absolute atomic E-state index is 12.1. The van der Waals surface area contributed by atoms with E-state index in [1.54, 1.807) is 48.5 Å². The Morgan fingerprint density at radius 2 is 1.91 bits per heavy atom. The Bertz CT molecular complexity index is 740. The molecule has 0 amide bonds.